The third kappa shape index (κ3) is 3.05. The molecule has 1 aromatic carbocycles. The number of benzene rings is 1. The highest BCUT2D eigenvalue weighted by atomic mass is 16.6. The van der Waals surface area contributed by atoms with Crippen LogP contribution in [-0.4, -0.2) is 35.5 Å². The summed E-state index contributed by atoms with van der Waals surface area (Å²) >= 11 is 0. The minimum atomic E-state index is -0.465. The van der Waals surface area contributed by atoms with E-state index in [1.807, 2.05) is 56.5 Å². The number of allylic oxidation sites excluding steroid dienone is 3. The van der Waals surface area contributed by atoms with Gasteiger partial charge in [0.15, 0.2) is 0 Å². The summed E-state index contributed by atoms with van der Waals surface area (Å²) in [4.78, 5) is 12.4. The number of hydrogen-bond donors (Lipinski definition) is 0. The highest BCUT2D eigenvalue weighted by molar-refractivity contribution is 6.07. The summed E-state index contributed by atoms with van der Waals surface area (Å²) in [6, 6.07) is 9.63. The molecule has 3 rings (SSSR count). The van der Waals surface area contributed by atoms with Gasteiger partial charge in [-0.25, -0.2) is 4.79 Å². The average Bonchev–Trinajstić information content (AvgIpc) is 2.53. The van der Waals surface area contributed by atoms with E-state index in [4.69, 9.17) is 4.74 Å². The van der Waals surface area contributed by atoms with Crippen molar-refractivity contribution >= 4 is 11.8 Å². The molecule has 5 heteroatoms. The second-order valence-corrected chi connectivity index (χ2v) is 6.22. The lowest BCUT2D eigenvalue weighted by atomic mass is 9.78. The Kier molecular flexibility index (Phi) is 4.05. The molecule has 0 saturated carbocycles. The molecule has 0 saturated heterocycles. The number of ether oxygens (including phenoxy) is 1. The van der Waals surface area contributed by atoms with Crippen LogP contribution in [0.4, 0.5) is 4.79 Å². The predicted molar refractivity (Wildman–Crippen MR) is 89.5 cm³/mol. The van der Waals surface area contributed by atoms with Crippen LogP contribution in [0.25, 0.3) is 0 Å². The lowest BCUT2D eigenvalue weighted by Gasteiger charge is -2.42. The number of hydrazine groups is 1. The van der Waals surface area contributed by atoms with Gasteiger partial charge in [0.25, 0.3) is 0 Å². The largest absolute Gasteiger partial charge is 0.446 e. The summed E-state index contributed by atoms with van der Waals surface area (Å²) in [5.41, 5.74) is 2.76. The number of carbonyl (C=O) groups is 1. The van der Waals surface area contributed by atoms with Crippen LogP contribution < -0.4 is 0 Å². The molecule has 1 heterocycles. The molecule has 0 N–H and O–H groups in total. The normalized spacial score (nSPS) is 23.9. The molecule has 1 aliphatic carbocycles. The first-order chi connectivity index (χ1) is 11.0. The van der Waals surface area contributed by atoms with Gasteiger partial charge in [-0.05, 0) is 25.0 Å². The molecule has 1 unspecified atom stereocenters. The Hall–Kier alpha value is -2.40. The second kappa shape index (κ2) is 6.01. The SMILES string of the molecule is CC1=CC=CC2(C)CN(C)N(C(=O)OCc3ccccc3)N=C12. The Balaban J connectivity index is 1.76. The van der Waals surface area contributed by atoms with Crippen LogP contribution in [0.15, 0.2) is 59.2 Å². The first-order valence-electron chi connectivity index (χ1n) is 7.67. The maximum atomic E-state index is 12.4. The topological polar surface area (TPSA) is 45.1 Å². The van der Waals surface area contributed by atoms with Crippen molar-refractivity contribution in [3.05, 3.63) is 59.7 Å². The molecule has 1 amide bonds. The Bertz CT molecular complexity index is 693. The van der Waals surface area contributed by atoms with Crippen molar-refractivity contribution in [3.63, 3.8) is 0 Å². The van der Waals surface area contributed by atoms with Crippen molar-refractivity contribution in [1.82, 2.24) is 10.1 Å². The molecule has 0 fully saturated rings. The number of carbonyl (C=O) groups excluding carboxylic acids is 1. The number of rotatable bonds is 2. The van der Waals surface area contributed by atoms with Gasteiger partial charge in [-0.2, -0.15) is 10.1 Å². The zero-order valence-electron chi connectivity index (χ0n) is 13.7. The highest BCUT2D eigenvalue weighted by Gasteiger charge is 2.39. The molecular weight excluding hydrogens is 290 g/mol. The molecule has 2 aliphatic rings. The van der Waals surface area contributed by atoms with E-state index in [9.17, 15) is 4.79 Å². The molecule has 0 spiro atoms. The van der Waals surface area contributed by atoms with Gasteiger partial charge < -0.3 is 4.74 Å². The van der Waals surface area contributed by atoms with Crippen molar-refractivity contribution in [2.45, 2.75) is 20.5 Å². The minimum Gasteiger partial charge on any atom is -0.442 e. The summed E-state index contributed by atoms with van der Waals surface area (Å²) in [6.45, 7) is 5.05. The molecule has 120 valence electrons. The number of fused-ring (bicyclic) bond motifs is 1. The first kappa shape index (κ1) is 15.5. The summed E-state index contributed by atoms with van der Waals surface area (Å²) in [5, 5.41) is 7.64. The van der Waals surface area contributed by atoms with Crippen molar-refractivity contribution in [2.75, 3.05) is 13.6 Å². The number of hydrazone groups is 1. The fourth-order valence-corrected chi connectivity index (χ4v) is 3.00. The summed E-state index contributed by atoms with van der Waals surface area (Å²) in [6.07, 6.45) is 5.72. The van der Waals surface area contributed by atoms with E-state index < -0.39 is 6.09 Å². The van der Waals surface area contributed by atoms with Gasteiger partial charge in [-0.15, -0.1) is 5.12 Å². The lowest BCUT2D eigenvalue weighted by molar-refractivity contribution is -0.0253. The average molecular weight is 311 g/mol. The quantitative estimate of drug-likeness (QED) is 0.841. The summed E-state index contributed by atoms with van der Waals surface area (Å²) in [7, 11) is 1.84. The van der Waals surface area contributed by atoms with E-state index in [-0.39, 0.29) is 12.0 Å². The standard InChI is InChI=1S/C18H21N3O2/c1-14-8-7-11-18(2)13-20(3)21(19-16(14)18)17(22)23-12-15-9-5-4-6-10-15/h4-11H,12-13H2,1-3H3. The monoisotopic (exact) mass is 311 g/mol. The zero-order chi connectivity index (χ0) is 16.4. The van der Waals surface area contributed by atoms with Crippen LogP contribution >= 0.6 is 0 Å². The highest BCUT2D eigenvalue weighted by Crippen LogP contribution is 2.33. The third-order valence-corrected chi connectivity index (χ3v) is 4.17. The fraction of sp³-hybridized carbons (Fsp3) is 0.333. The predicted octanol–water partition coefficient (Wildman–Crippen LogP) is 3.36. The van der Waals surface area contributed by atoms with Crippen LogP contribution in [-0.2, 0) is 11.3 Å². The summed E-state index contributed by atoms with van der Waals surface area (Å²) < 4.78 is 5.39. The number of hydrogen-bond acceptors (Lipinski definition) is 4. The van der Waals surface area contributed by atoms with Crippen molar-refractivity contribution in [2.24, 2.45) is 10.5 Å². The van der Waals surface area contributed by atoms with Crippen molar-refractivity contribution in [3.8, 4) is 0 Å². The molecule has 5 nitrogen and oxygen atoms in total. The number of nitrogens with zero attached hydrogens (tertiary/aromatic N) is 3. The molecule has 0 aromatic heterocycles. The molecular formula is C18H21N3O2. The summed E-state index contributed by atoms with van der Waals surface area (Å²) in [5.74, 6) is 0. The van der Waals surface area contributed by atoms with Gasteiger partial charge in [-0.1, -0.05) is 48.6 Å². The Morgan fingerprint density at radius 3 is 2.83 bits per heavy atom. The molecule has 0 radical (unpaired) electrons. The van der Waals surface area contributed by atoms with Gasteiger partial charge in [0.2, 0.25) is 0 Å². The van der Waals surface area contributed by atoms with Crippen LogP contribution in [0.2, 0.25) is 0 Å². The maximum Gasteiger partial charge on any atom is 0.446 e. The molecule has 0 bridgehead atoms. The molecule has 1 atom stereocenters. The Morgan fingerprint density at radius 1 is 1.35 bits per heavy atom. The van der Waals surface area contributed by atoms with Crippen molar-refractivity contribution < 1.29 is 9.53 Å². The molecule has 1 aliphatic heterocycles. The van der Waals surface area contributed by atoms with E-state index in [0.717, 1.165) is 16.8 Å². The van der Waals surface area contributed by atoms with Crippen LogP contribution in [0.1, 0.15) is 19.4 Å². The second-order valence-electron chi connectivity index (χ2n) is 6.22. The Morgan fingerprint density at radius 2 is 2.09 bits per heavy atom. The van der Waals surface area contributed by atoms with E-state index in [0.29, 0.717) is 6.54 Å². The smallest absolute Gasteiger partial charge is 0.442 e. The van der Waals surface area contributed by atoms with Crippen LogP contribution in [0, 0.1) is 5.41 Å². The minimum absolute atomic E-state index is 0.177. The van der Waals surface area contributed by atoms with Gasteiger partial charge in [0.05, 0.1) is 5.71 Å². The van der Waals surface area contributed by atoms with Gasteiger partial charge in [0.1, 0.15) is 6.61 Å². The van der Waals surface area contributed by atoms with E-state index in [2.05, 4.69) is 18.1 Å². The molecule has 1 aromatic rings. The van der Waals surface area contributed by atoms with Crippen LogP contribution in [0.5, 0.6) is 0 Å². The van der Waals surface area contributed by atoms with Crippen molar-refractivity contribution in [1.29, 1.82) is 0 Å². The first-order valence-corrected chi connectivity index (χ1v) is 7.67. The van der Waals surface area contributed by atoms with Gasteiger partial charge >= 0.3 is 6.09 Å². The van der Waals surface area contributed by atoms with E-state index >= 15 is 0 Å². The van der Waals surface area contributed by atoms with Gasteiger partial charge in [-0.3, -0.25) is 0 Å². The fourth-order valence-electron chi connectivity index (χ4n) is 3.00. The van der Waals surface area contributed by atoms with E-state index in [1.165, 1.54) is 5.12 Å². The van der Waals surface area contributed by atoms with E-state index in [1.54, 1.807) is 5.01 Å². The van der Waals surface area contributed by atoms with Crippen LogP contribution in [0.3, 0.4) is 0 Å². The maximum absolute atomic E-state index is 12.4. The Labute approximate surface area is 136 Å². The third-order valence-electron chi connectivity index (χ3n) is 4.17. The number of amides is 1. The lowest BCUT2D eigenvalue weighted by Crippen LogP contribution is -2.53. The zero-order valence-corrected chi connectivity index (χ0v) is 13.7. The molecule has 23 heavy (non-hydrogen) atoms. The van der Waals surface area contributed by atoms with Gasteiger partial charge in [0, 0.05) is 19.0 Å².